The first kappa shape index (κ1) is 16.6. The molecule has 3 rings (SSSR count). The van der Waals surface area contributed by atoms with Crippen LogP contribution in [0.5, 0.6) is 5.75 Å². The molecule has 126 valence electrons. The number of hydrogen-bond acceptors (Lipinski definition) is 4. The highest BCUT2D eigenvalue weighted by Gasteiger charge is 2.19. The third kappa shape index (κ3) is 4.00. The van der Waals surface area contributed by atoms with Crippen molar-refractivity contribution in [3.8, 4) is 5.75 Å². The van der Waals surface area contributed by atoms with E-state index in [0.717, 1.165) is 24.5 Å². The summed E-state index contributed by atoms with van der Waals surface area (Å²) in [4.78, 5) is 16.4. The van der Waals surface area contributed by atoms with Crippen molar-refractivity contribution in [2.75, 3.05) is 38.2 Å². The third-order valence-electron chi connectivity index (χ3n) is 4.01. The Kier molecular flexibility index (Phi) is 5.25. The van der Waals surface area contributed by atoms with Crippen molar-refractivity contribution in [3.63, 3.8) is 0 Å². The molecule has 1 aliphatic rings. The molecule has 1 saturated heterocycles. The van der Waals surface area contributed by atoms with E-state index in [1.807, 2.05) is 35.2 Å². The van der Waals surface area contributed by atoms with Gasteiger partial charge in [0.2, 0.25) is 5.91 Å². The highest BCUT2D eigenvalue weighted by molar-refractivity contribution is 9.10. The van der Waals surface area contributed by atoms with Crippen LogP contribution in [0.25, 0.3) is 6.08 Å². The van der Waals surface area contributed by atoms with E-state index in [2.05, 4.69) is 20.8 Å². The molecule has 2 heterocycles. The normalized spacial score (nSPS) is 15.1. The van der Waals surface area contributed by atoms with Crippen molar-refractivity contribution in [3.05, 3.63) is 52.9 Å². The van der Waals surface area contributed by atoms with E-state index in [1.165, 1.54) is 0 Å². The molecular formula is C18H19BrN2O3. The molecule has 0 bridgehead atoms. The van der Waals surface area contributed by atoms with E-state index < -0.39 is 0 Å². The van der Waals surface area contributed by atoms with Crippen molar-refractivity contribution in [2.24, 2.45) is 0 Å². The van der Waals surface area contributed by atoms with Crippen LogP contribution in [0.1, 0.15) is 5.76 Å². The zero-order valence-electron chi connectivity index (χ0n) is 13.4. The minimum atomic E-state index is 0.0110. The minimum absolute atomic E-state index is 0.0110. The van der Waals surface area contributed by atoms with Crippen molar-refractivity contribution in [1.82, 2.24) is 4.90 Å². The van der Waals surface area contributed by atoms with Gasteiger partial charge in [0.05, 0.1) is 7.11 Å². The quantitative estimate of drug-likeness (QED) is 0.750. The number of carbonyl (C=O) groups excluding carboxylic acids is 1. The summed E-state index contributed by atoms with van der Waals surface area (Å²) in [5, 5.41) is 0. The maximum atomic E-state index is 12.3. The van der Waals surface area contributed by atoms with Crippen LogP contribution in [0.15, 0.2) is 51.6 Å². The van der Waals surface area contributed by atoms with Crippen LogP contribution in [-0.4, -0.2) is 44.1 Å². The molecule has 1 amide bonds. The van der Waals surface area contributed by atoms with Crippen LogP contribution in [0.3, 0.4) is 0 Å². The molecule has 0 radical (unpaired) electrons. The number of piperazine rings is 1. The SMILES string of the molecule is COc1ccc(N2CCN(C(=O)/C=C/c3ccc(Br)o3)CC2)cc1. The van der Waals surface area contributed by atoms with Crippen molar-refractivity contribution < 1.29 is 13.9 Å². The van der Waals surface area contributed by atoms with Gasteiger partial charge in [0.15, 0.2) is 4.67 Å². The fourth-order valence-electron chi connectivity index (χ4n) is 2.65. The summed E-state index contributed by atoms with van der Waals surface area (Å²) in [5.74, 6) is 1.52. The summed E-state index contributed by atoms with van der Waals surface area (Å²) in [6.07, 6.45) is 3.26. The van der Waals surface area contributed by atoms with Gasteiger partial charge in [-0.2, -0.15) is 0 Å². The lowest BCUT2D eigenvalue weighted by molar-refractivity contribution is -0.126. The van der Waals surface area contributed by atoms with E-state index >= 15 is 0 Å². The van der Waals surface area contributed by atoms with Crippen molar-refractivity contribution in [2.45, 2.75) is 0 Å². The summed E-state index contributed by atoms with van der Waals surface area (Å²) < 4.78 is 11.2. The molecule has 1 aromatic carbocycles. The van der Waals surface area contributed by atoms with E-state index in [-0.39, 0.29) is 5.91 Å². The Morgan fingerprint density at radius 1 is 1.12 bits per heavy atom. The number of hydrogen-bond donors (Lipinski definition) is 0. The van der Waals surface area contributed by atoms with Gasteiger partial charge >= 0.3 is 0 Å². The largest absolute Gasteiger partial charge is 0.497 e. The Bertz CT molecular complexity index is 716. The number of ether oxygens (including phenoxy) is 1. The lowest BCUT2D eigenvalue weighted by Crippen LogP contribution is -2.48. The van der Waals surface area contributed by atoms with Gasteiger partial charge in [0.25, 0.3) is 0 Å². The molecule has 0 unspecified atom stereocenters. The smallest absolute Gasteiger partial charge is 0.246 e. The first-order valence-electron chi connectivity index (χ1n) is 7.77. The lowest BCUT2D eigenvalue weighted by atomic mass is 10.2. The third-order valence-corrected chi connectivity index (χ3v) is 4.44. The number of anilines is 1. The van der Waals surface area contributed by atoms with Gasteiger partial charge in [-0.25, -0.2) is 0 Å². The second-order valence-corrected chi connectivity index (χ2v) is 6.27. The van der Waals surface area contributed by atoms with Gasteiger partial charge in [0, 0.05) is 37.9 Å². The lowest BCUT2D eigenvalue weighted by Gasteiger charge is -2.35. The van der Waals surface area contributed by atoms with Crippen LogP contribution >= 0.6 is 15.9 Å². The van der Waals surface area contributed by atoms with Crippen LogP contribution in [0.2, 0.25) is 0 Å². The number of halogens is 1. The highest BCUT2D eigenvalue weighted by Crippen LogP contribution is 2.21. The average molecular weight is 391 g/mol. The minimum Gasteiger partial charge on any atom is -0.497 e. The zero-order chi connectivity index (χ0) is 16.9. The van der Waals surface area contributed by atoms with E-state index in [1.54, 1.807) is 25.3 Å². The first-order valence-corrected chi connectivity index (χ1v) is 8.56. The second kappa shape index (κ2) is 7.57. The molecule has 0 N–H and O–H groups in total. The van der Waals surface area contributed by atoms with Gasteiger partial charge in [-0.15, -0.1) is 0 Å². The van der Waals surface area contributed by atoms with Gasteiger partial charge in [-0.05, 0) is 58.4 Å². The molecule has 0 saturated carbocycles. The van der Waals surface area contributed by atoms with Gasteiger partial charge < -0.3 is 19.0 Å². The fourth-order valence-corrected chi connectivity index (χ4v) is 2.97. The van der Waals surface area contributed by atoms with Crippen LogP contribution < -0.4 is 9.64 Å². The molecule has 2 aromatic rings. The van der Waals surface area contributed by atoms with Gasteiger partial charge in [-0.1, -0.05) is 0 Å². The number of methoxy groups -OCH3 is 1. The molecule has 1 aromatic heterocycles. The van der Waals surface area contributed by atoms with E-state index in [4.69, 9.17) is 9.15 Å². The number of nitrogens with zero attached hydrogens (tertiary/aromatic N) is 2. The Hall–Kier alpha value is -2.21. The monoisotopic (exact) mass is 390 g/mol. The molecule has 5 nitrogen and oxygen atoms in total. The highest BCUT2D eigenvalue weighted by atomic mass is 79.9. The van der Waals surface area contributed by atoms with Crippen molar-refractivity contribution in [1.29, 1.82) is 0 Å². The Balaban J connectivity index is 1.54. The molecule has 6 heteroatoms. The number of carbonyl (C=O) groups is 1. The molecule has 24 heavy (non-hydrogen) atoms. The standard InChI is InChI=1S/C18H19BrN2O3/c1-23-15-4-2-14(3-5-15)20-10-12-21(13-11-20)18(22)9-7-16-6-8-17(19)24-16/h2-9H,10-13H2,1H3/b9-7+. The van der Waals surface area contributed by atoms with Crippen LogP contribution in [0, 0.1) is 0 Å². The summed E-state index contributed by atoms with van der Waals surface area (Å²) in [7, 11) is 1.66. The molecular weight excluding hydrogens is 372 g/mol. The molecule has 0 spiro atoms. The number of amides is 1. The van der Waals surface area contributed by atoms with E-state index in [0.29, 0.717) is 23.5 Å². The predicted octanol–water partition coefficient (Wildman–Crippen LogP) is 3.41. The Labute approximate surface area is 149 Å². The molecule has 1 fully saturated rings. The Morgan fingerprint density at radius 2 is 1.83 bits per heavy atom. The first-order chi connectivity index (χ1) is 11.7. The summed E-state index contributed by atoms with van der Waals surface area (Å²) >= 11 is 3.24. The summed E-state index contributed by atoms with van der Waals surface area (Å²) in [6, 6.07) is 11.6. The predicted molar refractivity (Wildman–Crippen MR) is 97.2 cm³/mol. The Morgan fingerprint density at radius 3 is 2.42 bits per heavy atom. The van der Waals surface area contributed by atoms with Gasteiger partial charge in [0.1, 0.15) is 11.5 Å². The number of benzene rings is 1. The van der Waals surface area contributed by atoms with Crippen molar-refractivity contribution >= 4 is 33.6 Å². The second-order valence-electron chi connectivity index (χ2n) is 5.49. The topological polar surface area (TPSA) is 45.9 Å². The summed E-state index contributed by atoms with van der Waals surface area (Å²) in [5.41, 5.74) is 1.15. The maximum Gasteiger partial charge on any atom is 0.246 e. The molecule has 0 atom stereocenters. The zero-order valence-corrected chi connectivity index (χ0v) is 15.0. The summed E-state index contributed by atoms with van der Waals surface area (Å²) in [6.45, 7) is 3.05. The molecule has 0 aliphatic carbocycles. The number of furan rings is 1. The fraction of sp³-hybridized carbons (Fsp3) is 0.278. The van der Waals surface area contributed by atoms with Gasteiger partial charge in [-0.3, -0.25) is 4.79 Å². The maximum absolute atomic E-state index is 12.3. The van der Waals surface area contributed by atoms with Crippen LogP contribution in [0.4, 0.5) is 5.69 Å². The average Bonchev–Trinajstić information content (AvgIpc) is 3.05. The molecule has 1 aliphatic heterocycles. The van der Waals surface area contributed by atoms with Crippen LogP contribution in [-0.2, 0) is 4.79 Å². The number of rotatable bonds is 4. The van der Waals surface area contributed by atoms with E-state index in [9.17, 15) is 4.79 Å².